The average molecular weight is 206 g/mol. The van der Waals surface area contributed by atoms with Crippen LogP contribution in [0.25, 0.3) is 0 Å². The van der Waals surface area contributed by atoms with Gasteiger partial charge in [0, 0.05) is 6.54 Å². The summed E-state index contributed by atoms with van der Waals surface area (Å²) >= 11 is 0. The molecule has 15 heavy (non-hydrogen) atoms. The van der Waals surface area contributed by atoms with Crippen molar-refractivity contribution in [2.45, 2.75) is 19.5 Å². The lowest BCUT2D eigenvalue weighted by Gasteiger charge is -2.10. The number of hydrogen-bond acceptors (Lipinski definition) is 2. The highest BCUT2D eigenvalue weighted by molar-refractivity contribution is 5.48. The molecule has 2 amide bonds. The van der Waals surface area contributed by atoms with Gasteiger partial charge in [0.15, 0.2) is 0 Å². The number of hydrogen-bond donors (Lipinski definition) is 2. The maximum absolute atomic E-state index is 10.2. The molecule has 0 aliphatic heterocycles. The molecule has 4 nitrogen and oxygen atoms in total. The molecule has 2 N–H and O–H groups in total. The number of nitrogens with one attached hydrogen (secondary N) is 2. The summed E-state index contributed by atoms with van der Waals surface area (Å²) in [6, 6.07) is 7.73. The highest BCUT2D eigenvalue weighted by Gasteiger charge is 2.02. The fourth-order valence-electron chi connectivity index (χ4n) is 1.28. The molecule has 1 unspecified atom stereocenters. The van der Waals surface area contributed by atoms with Gasteiger partial charge in [0.25, 0.3) is 0 Å². The van der Waals surface area contributed by atoms with Gasteiger partial charge in [-0.1, -0.05) is 24.3 Å². The van der Waals surface area contributed by atoms with Crippen molar-refractivity contribution in [1.82, 2.24) is 10.6 Å². The molecule has 0 heterocycles. The van der Waals surface area contributed by atoms with Crippen LogP contribution in [0.15, 0.2) is 24.3 Å². The van der Waals surface area contributed by atoms with Gasteiger partial charge >= 0.3 is 0 Å². The maximum Gasteiger partial charge on any atom is 0.207 e. The molecule has 1 aromatic carbocycles. The minimum Gasteiger partial charge on any atom is -0.355 e. The first-order chi connectivity index (χ1) is 7.27. The van der Waals surface area contributed by atoms with Crippen LogP contribution in [0, 0.1) is 0 Å². The molecule has 1 atom stereocenters. The van der Waals surface area contributed by atoms with Crippen molar-refractivity contribution in [1.29, 1.82) is 0 Å². The van der Waals surface area contributed by atoms with Crippen molar-refractivity contribution < 1.29 is 9.59 Å². The molecule has 0 bridgehead atoms. The van der Waals surface area contributed by atoms with Gasteiger partial charge in [0.05, 0.1) is 6.04 Å². The first kappa shape index (κ1) is 11.2. The molecule has 0 spiro atoms. The van der Waals surface area contributed by atoms with Crippen molar-refractivity contribution in [3.05, 3.63) is 35.4 Å². The van der Waals surface area contributed by atoms with Gasteiger partial charge in [-0.3, -0.25) is 9.59 Å². The molecule has 80 valence electrons. The molecule has 0 aromatic heterocycles. The van der Waals surface area contributed by atoms with Crippen LogP contribution in [0.3, 0.4) is 0 Å². The van der Waals surface area contributed by atoms with E-state index in [2.05, 4.69) is 10.6 Å². The molecule has 0 saturated heterocycles. The molecule has 0 fully saturated rings. The Morgan fingerprint density at radius 2 is 1.87 bits per heavy atom. The van der Waals surface area contributed by atoms with Gasteiger partial charge < -0.3 is 10.6 Å². The molecule has 0 radical (unpaired) electrons. The highest BCUT2D eigenvalue weighted by Crippen LogP contribution is 2.12. The Hall–Kier alpha value is -1.84. The normalized spacial score (nSPS) is 11.5. The van der Waals surface area contributed by atoms with Crippen molar-refractivity contribution in [3.63, 3.8) is 0 Å². The Morgan fingerprint density at radius 3 is 2.40 bits per heavy atom. The van der Waals surface area contributed by atoms with Crippen LogP contribution in [-0.2, 0) is 16.1 Å². The number of rotatable bonds is 6. The van der Waals surface area contributed by atoms with Crippen LogP contribution in [0.1, 0.15) is 24.1 Å². The van der Waals surface area contributed by atoms with Gasteiger partial charge in [-0.2, -0.15) is 0 Å². The van der Waals surface area contributed by atoms with Crippen LogP contribution in [0.2, 0.25) is 0 Å². The van der Waals surface area contributed by atoms with Gasteiger partial charge in [0.2, 0.25) is 12.8 Å². The first-order valence-corrected chi connectivity index (χ1v) is 4.73. The minimum atomic E-state index is 0.00980. The van der Waals surface area contributed by atoms with Crippen LogP contribution in [0.5, 0.6) is 0 Å². The largest absolute Gasteiger partial charge is 0.355 e. The fraction of sp³-hybridized carbons (Fsp3) is 0.273. The third-order valence-corrected chi connectivity index (χ3v) is 2.19. The van der Waals surface area contributed by atoms with Crippen molar-refractivity contribution in [2.75, 3.05) is 0 Å². The number of carbonyl (C=O) groups excluding carboxylic acids is 2. The third-order valence-electron chi connectivity index (χ3n) is 2.19. The lowest BCUT2D eigenvalue weighted by molar-refractivity contribution is -0.110. The van der Waals surface area contributed by atoms with E-state index < -0.39 is 0 Å². The van der Waals surface area contributed by atoms with E-state index in [1.165, 1.54) is 0 Å². The summed E-state index contributed by atoms with van der Waals surface area (Å²) in [4.78, 5) is 20.3. The summed E-state index contributed by atoms with van der Waals surface area (Å²) < 4.78 is 0. The Labute approximate surface area is 88.7 Å². The zero-order chi connectivity index (χ0) is 11.1. The fourth-order valence-corrected chi connectivity index (χ4v) is 1.28. The zero-order valence-corrected chi connectivity index (χ0v) is 8.57. The van der Waals surface area contributed by atoms with Crippen LogP contribution < -0.4 is 10.6 Å². The third kappa shape index (κ3) is 3.42. The average Bonchev–Trinajstić information content (AvgIpc) is 2.27. The zero-order valence-electron chi connectivity index (χ0n) is 8.57. The summed E-state index contributed by atoms with van der Waals surface area (Å²) in [6.07, 6.45) is 1.36. The highest BCUT2D eigenvalue weighted by atomic mass is 16.1. The van der Waals surface area contributed by atoms with Crippen molar-refractivity contribution in [2.24, 2.45) is 0 Å². The summed E-state index contributed by atoms with van der Waals surface area (Å²) in [5.74, 6) is 0. The topological polar surface area (TPSA) is 58.2 Å². The second-order valence-corrected chi connectivity index (χ2v) is 3.25. The Balaban J connectivity index is 2.62. The molecule has 1 aromatic rings. The molecule has 0 aliphatic rings. The van der Waals surface area contributed by atoms with Crippen molar-refractivity contribution >= 4 is 12.8 Å². The minimum absolute atomic E-state index is 0.00980. The van der Waals surface area contributed by atoms with E-state index in [1.807, 2.05) is 31.2 Å². The summed E-state index contributed by atoms with van der Waals surface area (Å²) in [5, 5.41) is 5.26. The molecular weight excluding hydrogens is 192 g/mol. The van der Waals surface area contributed by atoms with E-state index in [0.29, 0.717) is 19.4 Å². The van der Waals surface area contributed by atoms with E-state index in [9.17, 15) is 9.59 Å². The molecular formula is C11H14N2O2. The second kappa shape index (κ2) is 5.80. The van der Waals surface area contributed by atoms with Crippen LogP contribution in [-0.4, -0.2) is 12.8 Å². The Kier molecular flexibility index (Phi) is 4.34. The van der Waals surface area contributed by atoms with Gasteiger partial charge in [0.1, 0.15) is 0 Å². The molecule has 4 heteroatoms. The van der Waals surface area contributed by atoms with Gasteiger partial charge in [-0.05, 0) is 18.1 Å². The SMILES string of the molecule is CC(NC=O)c1ccc(CNC=O)cc1. The smallest absolute Gasteiger partial charge is 0.207 e. The predicted octanol–water partition coefficient (Wildman–Crippen LogP) is 0.740. The van der Waals surface area contributed by atoms with E-state index in [1.54, 1.807) is 0 Å². The molecule has 0 aliphatic carbocycles. The monoisotopic (exact) mass is 206 g/mol. The molecule has 0 saturated carbocycles. The first-order valence-electron chi connectivity index (χ1n) is 4.73. The quantitative estimate of drug-likeness (QED) is 0.674. The summed E-state index contributed by atoms with van der Waals surface area (Å²) in [6.45, 7) is 2.44. The Morgan fingerprint density at radius 1 is 1.20 bits per heavy atom. The summed E-state index contributed by atoms with van der Waals surface area (Å²) in [5.41, 5.74) is 2.07. The van der Waals surface area contributed by atoms with Crippen molar-refractivity contribution in [3.8, 4) is 0 Å². The van der Waals surface area contributed by atoms with E-state index in [-0.39, 0.29) is 6.04 Å². The van der Waals surface area contributed by atoms with Gasteiger partial charge in [-0.15, -0.1) is 0 Å². The summed E-state index contributed by atoms with van der Waals surface area (Å²) in [7, 11) is 0. The lowest BCUT2D eigenvalue weighted by atomic mass is 10.1. The Bertz CT molecular complexity index is 322. The van der Waals surface area contributed by atoms with E-state index in [4.69, 9.17) is 0 Å². The number of amides is 2. The van der Waals surface area contributed by atoms with Crippen LogP contribution in [0.4, 0.5) is 0 Å². The van der Waals surface area contributed by atoms with Gasteiger partial charge in [-0.25, -0.2) is 0 Å². The van der Waals surface area contributed by atoms with E-state index >= 15 is 0 Å². The number of benzene rings is 1. The van der Waals surface area contributed by atoms with Crippen LogP contribution >= 0.6 is 0 Å². The standard InChI is InChI=1S/C11H14N2O2/c1-9(13-8-15)11-4-2-10(3-5-11)6-12-7-14/h2-5,7-9H,6H2,1H3,(H,12,14)(H,13,15). The lowest BCUT2D eigenvalue weighted by Crippen LogP contribution is -2.16. The maximum atomic E-state index is 10.2. The predicted molar refractivity (Wildman–Crippen MR) is 57.0 cm³/mol. The second-order valence-electron chi connectivity index (χ2n) is 3.25. The van der Waals surface area contributed by atoms with E-state index in [0.717, 1.165) is 11.1 Å². The number of carbonyl (C=O) groups is 2. The molecule has 1 rings (SSSR count).